The fourth-order valence-corrected chi connectivity index (χ4v) is 3.18. The minimum absolute atomic E-state index is 0.0414. The molecule has 0 radical (unpaired) electrons. The summed E-state index contributed by atoms with van der Waals surface area (Å²) in [6, 6.07) is 4.44. The molecule has 1 aromatic rings. The van der Waals surface area contributed by atoms with E-state index in [4.69, 9.17) is 10.7 Å². The Morgan fingerprint density at radius 3 is 2.50 bits per heavy atom. The number of rotatable bonds is 4. The molecule has 0 heterocycles. The van der Waals surface area contributed by atoms with Crippen LogP contribution in [0.1, 0.15) is 49.0 Å². The predicted molar refractivity (Wildman–Crippen MR) is 78.6 cm³/mol. The van der Waals surface area contributed by atoms with Gasteiger partial charge in [0, 0.05) is 21.8 Å². The first-order chi connectivity index (χ1) is 9.25. The lowest BCUT2D eigenvalue weighted by Gasteiger charge is -2.39. The Morgan fingerprint density at radius 2 is 2.05 bits per heavy atom. The quantitative estimate of drug-likeness (QED) is 0.869. The molecule has 110 valence electrons. The van der Waals surface area contributed by atoms with Crippen molar-refractivity contribution >= 4 is 25.6 Å². The van der Waals surface area contributed by atoms with Crippen LogP contribution in [-0.2, 0) is 15.5 Å². The topological polar surface area (TPSA) is 63.2 Å². The number of nitrogens with one attached hydrogen (secondary N) is 1. The second kappa shape index (κ2) is 5.37. The number of hydrogen-bond donors (Lipinski definition) is 1. The SMILES string of the molecule is CCc1ccc(S(=O)(=O)Cl)cc1C(=O)NC1(C)CCC1. The Morgan fingerprint density at radius 1 is 1.40 bits per heavy atom. The van der Waals surface area contributed by atoms with Gasteiger partial charge in [0.1, 0.15) is 0 Å². The average molecular weight is 316 g/mol. The zero-order chi connectivity index (χ0) is 15.0. The molecule has 0 aromatic heterocycles. The third-order valence-electron chi connectivity index (χ3n) is 3.86. The zero-order valence-electron chi connectivity index (χ0n) is 11.6. The highest BCUT2D eigenvalue weighted by Gasteiger charge is 2.33. The van der Waals surface area contributed by atoms with Crippen molar-refractivity contribution in [2.75, 3.05) is 0 Å². The number of carbonyl (C=O) groups excluding carboxylic acids is 1. The molecule has 2 rings (SSSR count). The highest BCUT2D eigenvalue weighted by atomic mass is 35.7. The number of benzene rings is 1. The Bertz CT molecular complexity index is 636. The van der Waals surface area contributed by atoms with E-state index in [1.54, 1.807) is 6.07 Å². The van der Waals surface area contributed by atoms with E-state index in [0.717, 1.165) is 24.8 Å². The van der Waals surface area contributed by atoms with Gasteiger partial charge >= 0.3 is 0 Å². The van der Waals surface area contributed by atoms with Gasteiger partial charge in [-0.25, -0.2) is 8.42 Å². The summed E-state index contributed by atoms with van der Waals surface area (Å²) in [5, 5.41) is 2.99. The van der Waals surface area contributed by atoms with E-state index in [9.17, 15) is 13.2 Å². The fraction of sp³-hybridized carbons (Fsp3) is 0.500. The van der Waals surface area contributed by atoms with Gasteiger partial charge < -0.3 is 5.32 Å². The van der Waals surface area contributed by atoms with E-state index in [-0.39, 0.29) is 16.3 Å². The molecule has 4 nitrogen and oxygen atoms in total. The molecule has 1 amide bonds. The first-order valence-corrected chi connectivity index (χ1v) is 8.96. The van der Waals surface area contributed by atoms with Gasteiger partial charge in [0.25, 0.3) is 15.0 Å². The number of aryl methyl sites for hydroxylation is 1. The van der Waals surface area contributed by atoms with Gasteiger partial charge in [-0.05, 0) is 50.3 Å². The highest BCUT2D eigenvalue weighted by molar-refractivity contribution is 8.13. The molecule has 1 N–H and O–H groups in total. The van der Waals surface area contributed by atoms with Crippen molar-refractivity contribution < 1.29 is 13.2 Å². The Hall–Kier alpha value is -1.07. The molecule has 1 fully saturated rings. The lowest BCUT2D eigenvalue weighted by molar-refractivity contribution is 0.0849. The number of hydrogen-bond acceptors (Lipinski definition) is 3. The van der Waals surface area contributed by atoms with E-state index in [1.807, 2.05) is 13.8 Å². The van der Waals surface area contributed by atoms with Gasteiger partial charge in [-0.15, -0.1) is 0 Å². The van der Waals surface area contributed by atoms with Crippen LogP contribution < -0.4 is 5.32 Å². The number of amides is 1. The smallest absolute Gasteiger partial charge is 0.261 e. The van der Waals surface area contributed by atoms with Crippen LogP contribution in [-0.4, -0.2) is 19.9 Å². The largest absolute Gasteiger partial charge is 0.347 e. The molecule has 1 aliphatic rings. The van der Waals surface area contributed by atoms with Crippen LogP contribution in [0.4, 0.5) is 0 Å². The van der Waals surface area contributed by atoms with Crippen LogP contribution in [0.15, 0.2) is 23.1 Å². The lowest BCUT2D eigenvalue weighted by Crippen LogP contribution is -2.51. The van der Waals surface area contributed by atoms with Gasteiger partial charge in [0.2, 0.25) is 0 Å². The standard InChI is InChI=1S/C14H18ClNO3S/c1-3-10-5-6-11(20(15,18)19)9-12(10)13(17)16-14(2)7-4-8-14/h5-6,9H,3-4,7-8H2,1-2H3,(H,16,17). The van der Waals surface area contributed by atoms with Crippen molar-refractivity contribution in [2.45, 2.75) is 50.0 Å². The Kier molecular flexibility index (Phi) is 4.12. The summed E-state index contributed by atoms with van der Waals surface area (Å²) in [5.74, 6) is -0.230. The normalized spacial score (nSPS) is 17.4. The van der Waals surface area contributed by atoms with Crippen LogP contribution in [0, 0.1) is 0 Å². The van der Waals surface area contributed by atoms with Gasteiger partial charge in [0.15, 0.2) is 0 Å². The fourth-order valence-electron chi connectivity index (χ4n) is 2.40. The monoisotopic (exact) mass is 315 g/mol. The number of carbonyl (C=O) groups is 1. The summed E-state index contributed by atoms with van der Waals surface area (Å²) in [5.41, 5.74) is 1.04. The molecular weight excluding hydrogens is 298 g/mol. The molecule has 0 unspecified atom stereocenters. The first kappa shape index (κ1) is 15.3. The molecular formula is C14H18ClNO3S. The zero-order valence-corrected chi connectivity index (χ0v) is 13.1. The van der Waals surface area contributed by atoms with E-state index < -0.39 is 9.05 Å². The summed E-state index contributed by atoms with van der Waals surface area (Å²) in [4.78, 5) is 12.3. The summed E-state index contributed by atoms with van der Waals surface area (Å²) in [7, 11) is 1.52. The Balaban J connectivity index is 2.35. The minimum atomic E-state index is -3.83. The van der Waals surface area contributed by atoms with Gasteiger partial charge in [-0.1, -0.05) is 13.0 Å². The molecule has 0 bridgehead atoms. The van der Waals surface area contributed by atoms with Gasteiger partial charge in [-0.3, -0.25) is 4.79 Å². The molecule has 0 spiro atoms. The molecule has 0 aliphatic heterocycles. The molecule has 1 aromatic carbocycles. The summed E-state index contributed by atoms with van der Waals surface area (Å²) >= 11 is 0. The third-order valence-corrected chi connectivity index (χ3v) is 5.21. The van der Waals surface area contributed by atoms with Crippen molar-refractivity contribution in [1.29, 1.82) is 0 Å². The second-order valence-corrected chi connectivity index (χ2v) is 8.04. The van der Waals surface area contributed by atoms with E-state index in [2.05, 4.69) is 5.32 Å². The Labute approximate surface area is 123 Å². The van der Waals surface area contributed by atoms with E-state index in [0.29, 0.717) is 12.0 Å². The van der Waals surface area contributed by atoms with Crippen molar-refractivity contribution in [3.8, 4) is 0 Å². The van der Waals surface area contributed by atoms with E-state index >= 15 is 0 Å². The van der Waals surface area contributed by atoms with Crippen molar-refractivity contribution in [3.63, 3.8) is 0 Å². The number of halogens is 1. The molecule has 1 aliphatic carbocycles. The lowest BCUT2D eigenvalue weighted by atomic mass is 9.78. The maximum Gasteiger partial charge on any atom is 0.261 e. The van der Waals surface area contributed by atoms with Gasteiger partial charge in [-0.2, -0.15) is 0 Å². The molecule has 6 heteroatoms. The predicted octanol–water partition coefficient (Wildman–Crippen LogP) is 2.85. The van der Waals surface area contributed by atoms with Crippen LogP contribution in [0.3, 0.4) is 0 Å². The van der Waals surface area contributed by atoms with Gasteiger partial charge in [0.05, 0.1) is 4.90 Å². The molecule has 1 saturated carbocycles. The molecule has 0 atom stereocenters. The summed E-state index contributed by atoms with van der Waals surface area (Å²) in [6.45, 7) is 3.92. The van der Waals surface area contributed by atoms with Crippen molar-refractivity contribution in [1.82, 2.24) is 5.32 Å². The minimum Gasteiger partial charge on any atom is -0.347 e. The molecule has 0 saturated heterocycles. The first-order valence-electron chi connectivity index (χ1n) is 6.65. The van der Waals surface area contributed by atoms with Crippen LogP contribution in [0.25, 0.3) is 0 Å². The maximum absolute atomic E-state index is 12.4. The van der Waals surface area contributed by atoms with Crippen LogP contribution >= 0.6 is 10.7 Å². The van der Waals surface area contributed by atoms with Crippen LogP contribution in [0.5, 0.6) is 0 Å². The summed E-state index contributed by atoms with van der Waals surface area (Å²) < 4.78 is 22.8. The third kappa shape index (κ3) is 3.15. The highest BCUT2D eigenvalue weighted by Crippen LogP contribution is 2.31. The second-order valence-electron chi connectivity index (χ2n) is 5.48. The maximum atomic E-state index is 12.4. The van der Waals surface area contributed by atoms with Crippen molar-refractivity contribution in [2.24, 2.45) is 0 Å². The van der Waals surface area contributed by atoms with Crippen LogP contribution in [0.2, 0.25) is 0 Å². The summed E-state index contributed by atoms with van der Waals surface area (Å²) in [6.07, 6.45) is 3.66. The average Bonchev–Trinajstić information content (AvgIpc) is 2.34. The van der Waals surface area contributed by atoms with E-state index in [1.165, 1.54) is 12.1 Å². The van der Waals surface area contributed by atoms with Crippen molar-refractivity contribution in [3.05, 3.63) is 29.3 Å². The molecule has 20 heavy (non-hydrogen) atoms.